The van der Waals surface area contributed by atoms with Crippen LogP contribution in [0.1, 0.15) is 16.7 Å². The number of hydrogen-bond acceptors (Lipinski definition) is 3. The molecule has 4 heteroatoms. The van der Waals surface area contributed by atoms with E-state index >= 15 is 0 Å². The van der Waals surface area contributed by atoms with E-state index in [1.54, 1.807) is 18.2 Å². The van der Waals surface area contributed by atoms with Gasteiger partial charge in [0.05, 0.1) is 11.3 Å². The second-order valence-electron chi connectivity index (χ2n) is 4.33. The molecular formula is C15H13ClN2O. The smallest absolute Gasteiger partial charge is 0.129 e. The summed E-state index contributed by atoms with van der Waals surface area (Å²) in [4.78, 5) is 0. The molecule has 2 aromatic rings. The Morgan fingerprint density at radius 2 is 1.74 bits per heavy atom. The lowest BCUT2D eigenvalue weighted by Gasteiger charge is -2.10. The van der Waals surface area contributed by atoms with E-state index in [2.05, 4.69) is 0 Å². The Morgan fingerprint density at radius 3 is 2.26 bits per heavy atom. The fourth-order valence-electron chi connectivity index (χ4n) is 1.81. The molecule has 2 aromatic carbocycles. The summed E-state index contributed by atoms with van der Waals surface area (Å²) in [6, 6.07) is 10.7. The van der Waals surface area contributed by atoms with Crippen molar-refractivity contribution in [3.8, 4) is 17.6 Å². The van der Waals surface area contributed by atoms with Crippen LogP contribution in [-0.2, 0) is 0 Å². The van der Waals surface area contributed by atoms with Crippen LogP contribution in [0.3, 0.4) is 0 Å². The summed E-state index contributed by atoms with van der Waals surface area (Å²) in [5, 5.41) is 9.56. The molecule has 3 nitrogen and oxygen atoms in total. The van der Waals surface area contributed by atoms with Crippen molar-refractivity contribution >= 4 is 17.3 Å². The number of aryl methyl sites for hydroxylation is 2. The number of nitrogens with two attached hydrogens (primary N) is 1. The number of nitrogen functional groups attached to an aromatic ring is 1. The van der Waals surface area contributed by atoms with Gasteiger partial charge < -0.3 is 10.5 Å². The van der Waals surface area contributed by atoms with E-state index in [4.69, 9.17) is 27.3 Å². The van der Waals surface area contributed by atoms with Crippen molar-refractivity contribution < 1.29 is 4.74 Å². The van der Waals surface area contributed by atoms with E-state index in [1.807, 2.05) is 32.0 Å². The molecule has 0 aromatic heterocycles. The highest BCUT2D eigenvalue weighted by molar-refractivity contribution is 6.32. The van der Waals surface area contributed by atoms with E-state index in [-0.39, 0.29) is 0 Å². The Kier molecular flexibility index (Phi) is 3.64. The van der Waals surface area contributed by atoms with Crippen molar-refractivity contribution in [1.29, 1.82) is 5.26 Å². The van der Waals surface area contributed by atoms with Gasteiger partial charge in [0.2, 0.25) is 0 Å². The van der Waals surface area contributed by atoms with E-state index in [0.29, 0.717) is 22.7 Å². The minimum atomic E-state index is 0.405. The first kappa shape index (κ1) is 13.3. The van der Waals surface area contributed by atoms with Crippen molar-refractivity contribution in [2.45, 2.75) is 13.8 Å². The van der Waals surface area contributed by atoms with Gasteiger partial charge in [-0.1, -0.05) is 11.6 Å². The Labute approximate surface area is 117 Å². The maximum Gasteiger partial charge on any atom is 0.129 e. The molecule has 0 amide bonds. The molecule has 0 aliphatic heterocycles. The average molecular weight is 273 g/mol. The fraction of sp³-hybridized carbons (Fsp3) is 0.133. The lowest BCUT2D eigenvalue weighted by molar-refractivity contribution is 0.482. The zero-order valence-electron chi connectivity index (χ0n) is 10.7. The number of halogens is 1. The first-order valence-electron chi connectivity index (χ1n) is 5.75. The van der Waals surface area contributed by atoms with Crippen molar-refractivity contribution in [2.75, 3.05) is 5.73 Å². The Hall–Kier alpha value is -2.18. The van der Waals surface area contributed by atoms with Crippen molar-refractivity contribution in [3.05, 3.63) is 52.0 Å². The van der Waals surface area contributed by atoms with Gasteiger partial charge in [0.1, 0.15) is 17.6 Å². The number of hydrogen-bond donors (Lipinski definition) is 1. The number of rotatable bonds is 2. The molecule has 2 N–H and O–H groups in total. The standard InChI is InChI=1S/C15H13ClN2O/c1-9-5-13(6-10(2)15(9)16)19-12-4-3-11(8-17)14(18)7-12/h3-7H,18H2,1-2H3. The Bertz CT molecular complexity index is 651. The topological polar surface area (TPSA) is 59.0 Å². The summed E-state index contributed by atoms with van der Waals surface area (Å²) in [5.74, 6) is 1.29. The van der Waals surface area contributed by atoms with E-state index < -0.39 is 0 Å². The number of nitrogens with zero attached hydrogens (tertiary/aromatic N) is 1. The first-order valence-corrected chi connectivity index (χ1v) is 6.13. The van der Waals surface area contributed by atoms with Gasteiger partial charge in [0.15, 0.2) is 0 Å². The Morgan fingerprint density at radius 1 is 1.11 bits per heavy atom. The third kappa shape index (κ3) is 2.81. The predicted molar refractivity (Wildman–Crippen MR) is 76.6 cm³/mol. The van der Waals surface area contributed by atoms with Gasteiger partial charge in [0.25, 0.3) is 0 Å². The van der Waals surface area contributed by atoms with E-state index in [1.165, 1.54) is 0 Å². The van der Waals surface area contributed by atoms with Crippen LogP contribution < -0.4 is 10.5 Å². The van der Waals surface area contributed by atoms with Crippen molar-refractivity contribution in [3.63, 3.8) is 0 Å². The molecule has 0 aliphatic carbocycles. The molecule has 19 heavy (non-hydrogen) atoms. The highest BCUT2D eigenvalue weighted by Gasteiger charge is 2.06. The van der Waals surface area contributed by atoms with Crippen LogP contribution in [0.2, 0.25) is 5.02 Å². The number of anilines is 1. The summed E-state index contributed by atoms with van der Waals surface area (Å²) in [5.41, 5.74) is 8.50. The second-order valence-corrected chi connectivity index (χ2v) is 4.71. The van der Waals surface area contributed by atoms with Gasteiger partial charge in [-0.25, -0.2) is 0 Å². The molecule has 96 valence electrons. The summed E-state index contributed by atoms with van der Waals surface area (Å²) >= 11 is 6.11. The monoisotopic (exact) mass is 272 g/mol. The Balaban J connectivity index is 2.32. The lowest BCUT2D eigenvalue weighted by atomic mass is 10.1. The van der Waals surface area contributed by atoms with Crippen LogP contribution >= 0.6 is 11.6 Å². The van der Waals surface area contributed by atoms with Gasteiger partial charge in [-0.2, -0.15) is 5.26 Å². The minimum Gasteiger partial charge on any atom is -0.457 e. The zero-order chi connectivity index (χ0) is 14.0. The minimum absolute atomic E-state index is 0.405. The van der Waals surface area contributed by atoms with Crippen LogP contribution in [-0.4, -0.2) is 0 Å². The zero-order valence-corrected chi connectivity index (χ0v) is 11.5. The highest BCUT2D eigenvalue weighted by Crippen LogP contribution is 2.30. The van der Waals surface area contributed by atoms with Gasteiger partial charge in [-0.3, -0.25) is 0 Å². The van der Waals surface area contributed by atoms with Crippen LogP contribution in [0, 0.1) is 25.2 Å². The van der Waals surface area contributed by atoms with Crippen LogP contribution in [0.15, 0.2) is 30.3 Å². The molecule has 0 unspecified atom stereocenters. The highest BCUT2D eigenvalue weighted by atomic mass is 35.5. The van der Waals surface area contributed by atoms with Crippen LogP contribution in [0.4, 0.5) is 5.69 Å². The molecule has 0 heterocycles. The molecule has 0 bridgehead atoms. The molecule has 0 spiro atoms. The number of benzene rings is 2. The summed E-state index contributed by atoms with van der Waals surface area (Å²) in [6.07, 6.45) is 0. The van der Waals surface area contributed by atoms with Crippen molar-refractivity contribution in [1.82, 2.24) is 0 Å². The summed E-state index contributed by atoms with van der Waals surface area (Å²) in [6.45, 7) is 3.85. The molecular weight excluding hydrogens is 260 g/mol. The first-order chi connectivity index (χ1) is 9.01. The molecule has 0 fully saturated rings. The fourth-order valence-corrected chi connectivity index (χ4v) is 1.92. The average Bonchev–Trinajstić information content (AvgIpc) is 2.36. The SMILES string of the molecule is Cc1cc(Oc2ccc(C#N)c(N)c2)cc(C)c1Cl. The van der Waals surface area contributed by atoms with Gasteiger partial charge in [-0.05, 0) is 49.2 Å². The maximum absolute atomic E-state index is 8.82. The van der Waals surface area contributed by atoms with Gasteiger partial charge >= 0.3 is 0 Å². The van der Waals surface area contributed by atoms with Crippen LogP contribution in [0.25, 0.3) is 0 Å². The molecule has 0 saturated carbocycles. The largest absolute Gasteiger partial charge is 0.457 e. The molecule has 0 radical (unpaired) electrons. The molecule has 0 atom stereocenters. The van der Waals surface area contributed by atoms with E-state index in [9.17, 15) is 0 Å². The predicted octanol–water partition coefficient (Wildman–Crippen LogP) is 4.20. The van der Waals surface area contributed by atoms with Crippen LogP contribution in [0.5, 0.6) is 11.5 Å². The maximum atomic E-state index is 8.82. The number of ether oxygens (including phenoxy) is 1. The summed E-state index contributed by atoms with van der Waals surface area (Å²) < 4.78 is 5.73. The molecule has 0 aliphatic rings. The van der Waals surface area contributed by atoms with Crippen molar-refractivity contribution in [2.24, 2.45) is 0 Å². The third-order valence-corrected chi connectivity index (χ3v) is 3.39. The summed E-state index contributed by atoms with van der Waals surface area (Å²) in [7, 11) is 0. The quantitative estimate of drug-likeness (QED) is 0.834. The van der Waals surface area contributed by atoms with E-state index in [0.717, 1.165) is 16.1 Å². The molecule has 2 rings (SSSR count). The molecule has 0 saturated heterocycles. The normalized spacial score (nSPS) is 10.0. The lowest BCUT2D eigenvalue weighted by Crippen LogP contribution is -1.93. The third-order valence-electron chi connectivity index (χ3n) is 2.79. The van der Waals surface area contributed by atoms with Gasteiger partial charge in [-0.15, -0.1) is 0 Å². The second kappa shape index (κ2) is 5.21. The van der Waals surface area contributed by atoms with Gasteiger partial charge in [0, 0.05) is 11.1 Å². The number of nitriles is 1.